The van der Waals surface area contributed by atoms with Gasteiger partial charge in [0.2, 0.25) is 5.91 Å². The van der Waals surface area contributed by atoms with E-state index in [0.29, 0.717) is 5.69 Å². The Morgan fingerprint density at radius 1 is 1.04 bits per heavy atom. The number of pyridine rings is 1. The number of halogens is 1. The summed E-state index contributed by atoms with van der Waals surface area (Å²) in [5.74, 6) is 0.338. The van der Waals surface area contributed by atoms with E-state index in [1.54, 1.807) is 18.3 Å². The summed E-state index contributed by atoms with van der Waals surface area (Å²) in [5.41, 5.74) is 2.45. The fourth-order valence-electron chi connectivity index (χ4n) is 2.70. The third kappa shape index (κ3) is 4.45. The topological polar surface area (TPSA) is 45.2 Å². The van der Waals surface area contributed by atoms with Crippen molar-refractivity contribution in [2.45, 2.75) is 13.3 Å². The number of aromatic nitrogens is 1. The lowest BCUT2D eigenvalue weighted by Gasteiger charge is -2.22. The first kappa shape index (κ1) is 17.6. The van der Waals surface area contributed by atoms with Crippen LogP contribution < -0.4 is 10.2 Å². The summed E-state index contributed by atoms with van der Waals surface area (Å²) in [6.45, 7) is 2.85. The van der Waals surface area contributed by atoms with Crippen molar-refractivity contribution in [2.75, 3.05) is 16.8 Å². The molecule has 0 unspecified atom stereocenters. The van der Waals surface area contributed by atoms with Crippen LogP contribution in [0.3, 0.4) is 0 Å². The average molecular weight is 349 g/mol. The number of rotatable bonds is 6. The predicted octanol–water partition coefficient (Wildman–Crippen LogP) is 4.56. The Morgan fingerprint density at radius 3 is 2.38 bits per heavy atom. The number of nitrogens with zero attached hydrogens (tertiary/aromatic N) is 2. The van der Waals surface area contributed by atoms with Crippen molar-refractivity contribution in [3.63, 3.8) is 0 Å². The van der Waals surface area contributed by atoms with E-state index in [4.69, 9.17) is 0 Å². The average Bonchev–Trinajstić information content (AvgIpc) is 2.66. The molecule has 0 saturated carbocycles. The molecular weight excluding hydrogens is 329 g/mol. The molecule has 0 atom stereocenters. The molecule has 1 N–H and O–H groups in total. The first-order valence-electron chi connectivity index (χ1n) is 8.48. The van der Waals surface area contributed by atoms with Gasteiger partial charge >= 0.3 is 0 Å². The smallest absolute Gasteiger partial charge is 0.228 e. The highest BCUT2D eigenvalue weighted by atomic mass is 19.1. The molecule has 2 aromatic carbocycles. The van der Waals surface area contributed by atoms with Crippen LogP contribution in [0.2, 0.25) is 0 Å². The number of nitrogens with one attached hydrogen (secondary N) is 1. The van der Waals surface area contributed by atoms with Crippen molar-refractivity contribution in [1.29, 1.82) is 0 Å². The number of carbonyl (C=O) groups excluding carboxylic acids is 1. The van der Waals surface area contributed by atoms with E-state index in [1.807, 2.05) is 42.5 Å². The number of carbonyl (C=O) groups is 1. The molecule has 0 aliphatic carbocycles. The Labute approximate surface area is 152 Å². The third-order valence-electron chi connectivity index (χ3n) is 3.97. The molecule has 4 nitrogen and oxygen atoms in total. The molecule has 0 saturated heterocycles. The van der Waals surface area contributed by atoms with E-state index in [2.05, 4.69) is 22.1 Å². The van der Waals surface area contributed by atoms with Crippen LogP contribution in [0.25, 0.3) is 0 Å². The maximum Gasteiger partial charge on any atom is 0.228 e. The van der Waals surface area contributed by atoms with Crippen molar-refractivity contribution in [1.82, 2.24) is 4.98 Å². The van der Waals surface area contributed by atoms with Gasteiger partial charge in [-0.1, -0.05) is 30.3 Å². The van der Waals surface area contributed by atoms with Crippen molar-refractivity contribution in [3.05, 3.63) is 84.3 Å². The summed E-state index contributed by atoms with van der Waals surface area (Å²) in [6, 6.07) is 19.6. The molecule has 0 fully saturated rings. The zero-order chi connectivity index (χ0) is 18.4. The summed E-state index contributed by atoms with van der Waals surface area (Å²) < 4.78 is 12.9. The number of para-hydroxylation sites is 1. The molecule has 1 amide bonds. The van der Waals surface area contributed by atoms with E-state index < -0.39 is 0 Å². The molecule has 1 heterocycles. The van der Waals surface area contributed by atoms with Gasteiger partial charge in [0.25, 0.3) is 0 Å². The third-order valence-corrected chi connectivity index (χ3v) is 3.97. The van der Waals surface area contributed by atoms with E-state index in [0.717, 1.165) is 23.6 Å². The standard InChI is InChI=1S/C21H20FN3O/c1-2-25(19-6-4-3-5-7-19)20-13-12-18(15-23-20)24-21(26)14-16-8-10-17(22)11-9-16/h3-13,15H,2,14H2,1H3,(H,24,26). The Kier molecular flexibility index (Phi) is 5.59. The molecule has 0 radical (unpaired) electrons. The Hall–Kier alpha value is -3.21. The van der Waals surface area contributed by atoms with Crippen molar-refractivity contribution in [3.8, 4) is 0 Å². The molecular formula is C21H20FN3O. The van der Waals surface area contributed by atoms with Crippen LogP contribution in [0.5, 0.6) is 0 Å². The van der Waals surface area contributed by atoms with Gasteiger partial charge in [-0.3, -0.25) is 4.79 Å². The van der Waals surface area contributed by atoms with Gasteiger partial charge in [0.05, 0.1) is 18.3 Å². The highest BCUT2D eigenvalue weighted by molar-refractivity contribution is 5.92. The van der Waals surface area contributed by atoms with Gasteiger partial charge in [-0.05, 0) is 48.9 Å². The second-order valence-electron chi connectivity index (χ2n) is 5.84. The van der Waals surface area contributed by atoms with Gasteiger partial charge < -0.3 is 10.2 Å². The van der Waals surface area contributed by atoms with Crippen LogP contribution in [0.1, 0.15) is 12.5 Å². The summed E-state index contributed by atoms with van der Waals surface area (Å²) in [4.78, 5) is 18.7. The lowest BCUT2D eigenvalue weighted by atomic mass is 10.1. The SMILES string of the molecule is CCN(c1ccccc1)c1ccc(NC(=O)Cc2ccc(F)cc2)cn1. The minimum Gasteiger partial charge on any atom is -0.327 e. The minimum absolute atomic E-state index is 0.165. The number of hydrogen-bond donors (Lipinski definition) is 1. The molecule has 0 spiro atoms. The zero-order valence-electron chi connectivity index (χ0n) is 14.5. The number of benzene rings is 2. The van der Waals surface area contributed by atoms with Crippen molar-refractivity contribution < 1.29 is 9.18 Å². The van der Waals surface area contributed by atoms with Gasteiger partial charge in [-0.25, -0.2) is 9.37 Å². The summed E-state index contributed by atoms with van der Waals surface area (Å²) >= 11 is 0. The molecule has 0 bridgehead atoms. The van der Waals surface area contributed by atoms with Gasteiger partial charge in [-0.2, -0.15) is 0 Å². The normalized spacial score (nSPS) is 10.4. The Balaban J connectivity index is 1.65. The Bertz CT molecular complexity index is 849. The minimum atomic E-state index is -0.312. The van der Waals surface area contributed by atoms with Crippen LogP contribution >= 0.6 is 0 Å². The molecule has 3 rings (SSSR count). The quantitative estimate of drug-likeness (QED) is 0.709. The van der Waals surface area contributed by atoms with E-state index >= 15 is 0 Å². The summed E-state index contributed by atoms with van der Waals surface area (Å²) in [6.07, 6.45) is 1.83. The second-order valence-corrected chi connectivity index (χ2v) is 5.84. The van der Waals surface area contributed by atoms with Crippen LogP contribution in [-0.4, -0.2) is 17.4 Å². The largest absolute Gasteiger partial charge is 0.327 e. The number of hydrogen-bond acceptors (Lipinski definition) is 3. The molecule has 26 heavy (non-hydrogen) atoms. The fourth-order valence-corrected chi connectivity index (χ4v) is 2.70. The lowest BCUT2D eigenvalue weighted by molar-refractivity contribution is -0.115. The molecule has 3 aromatic rings. The first-order valence-corrected chi connectivity index (χ1v) is 8.48. The highest BCUT2D eigenvalue weighted by Crippen LogP contribution is 2.23. The van der Waals surface area contributed by atoms with E-state index in [-0.39, 0.29) is 18.1 Å². The zero-order valence-corrected chi connectivity index (χ0v) is 14.5. The first-order chi connectivity index (χ1) is 12.7. The molecule has 1 aromatic heterocycles. The van der Waals surface area contributed by atoms with Crippen LogP contribution in [0.4, 0.5) is 21.6 Å². The number of amides is 1. The maximum absolute atomic E-state index is 12.9. The van der Waals surface area contributed by atoms with Gasteiger partial charge in [0, 0.05) is 12.2 Å². The number of anilines is 3. The summed E-state index contributed by atoms with van der Waals surface area (Å²) in [7, 11) is 0. The maximum atomic E-state index is 12.9. The van der Waals surface area contributed by atoms with Crippen molar-refractivity contribution >= 4 is 23.1 Å². The van der Waals surface area contributed by atoms with E-state index in [1.165, 1.54) is 12.1 Å². The molecule has 0 aliphatic heterocycles. The molecule has 5 heteroatoms. The van der Waals surface area contributed by atoms with Gasteiger partial charge in [-0.15, -0.1) is 0 Å². The highest BCUT2D eigenvalue weighted by Gasteiger charge is 2.09. The predicted molar refractivity (Wildman–Crippen MR) is 102 cm³/mol. The Morgan fingerprint density at radius 2 is 1.77 bits per heavy atom. The second kappa shape index (κ2) is 8.25. The van der Waals surface area contributed by atoms with Crippen molar-refractivity contribution in [2.24, 2.45) is 0 Å². The van der Waals surface area contributed by atoms with Gasteiger partial charge in [0.1, 0.15) is 11.6 Å². The molecule has 132 valence electrons. The van der Waals surface area contributed by atoms with Crippen LogP contribution in [0, 0.1) is 5.82 Å². The fraction of sp³-hybridized carbons (Fsp3) is 0.143. The van der Waals surface area contributed by atoms with Crippen LogP contribution in [0.15, 0.2) is 72.9 Å². The summed E-state index contributed by atoms with van der Waals surface area (Å²) in [5, 5.41) is 2.82. The van der Waals surface area contributed by atoms with Gasteiger partial charge in [0.15, 0.2) is 0 Å². The molecule has 0 aliphatic rings. The monoisotopic (exact) mass is 349 g/mol. The van der Waals surface area contributed by atoms with Crippen LogP contribution in [-0.2, 0) is 11.2 Å². The van der Waals surface area contributed by atoms with E-state index in [9.17, 15) is 9.18 Å². The lowest BCUT2D eigenvalue weighted by Crippen LogP contribution is -2.18.